The van der Waals surface area contributed by atoms with Gasteiger partial charge in [0.25, 0.3) is 0 Å². The molecule has 1 aliphatic rings. The highest BCUT2D eigenvalue weighted by molar-refractivity contribution is 8.00. The topological polar surface area (TPSA) is 80.4 Å². The molecule has 0 saturated carbocycles. The van der Waals surface area contributed by atoms with Crippen LogP contribution in [0, 0.1) is 13.8 Å². The summed E-state index contributed by atoms with van der Waals surface area (Å²) in [6.45, 7) is 4.22. The summed E-state index contributed by atoms with van der Waals surface area (Å²) in [6.07, 6.45) is 1.57. The van der Waals surface area contributed by atoms with Crippen LogP contribution in [0.25, 0.3) is 16.9 Å². The number of anilines is 1. The number of fused-ring (bicyclic) bond motifs is 1. The molecule has 3 heterocycles. The fourth-order valence-electron chi connectivity index (χ4n) is 5.22. The van der Waals surface area contributed by atoms with Crippen LogP contribution in [0.5, 0.6) is 0 Å². The van der Waals surface area contributed by atoms with Crippen molar-refractivity contribution in [2.45, 2.75) is 25.6 Å². The molecule has 0 saturated heterocycles. The molecule has 1 atom stereocenters. The molecule has 7 nitrogen and oxygen atoms in total. The fourth-order valence-corrected chi connectivity index (χ4v) is 6.52. The Hall–Kier alpha value is -4.56. The zero-order chi connectivity index (χ0) is 28.3. The second-order valence-corrected chi connectivity index (χ2v) is 11.1. The number of carbonyl (C=O) groups is 2. The average molecular weight is 563 g/mol. The van der Waals surface area contributed by atoms with Gasteiger partial charge in [-0.1, -0.05) is 72.8 Å². The molecule has 206 valence electrons. The lowest BCUT2D eigenvalue weighted by atomic mass is 9.96. The van der Waals surface area contributed by atoms with Crippen molar-refractivity contribution in [3.63, 3.8) is 0 Å². The maximum absolute atomic E-state index is 13.9. The first-order valence-corrected chi connectivity index (χ1v) is 14.6. The van der Waals surface area contributed by atoms with Gasteiger partial charge in [-0.05, 0) is 48.7 Å². The standard InChI is InChI=1S/C33H30N4O3S/c1-22-11-6-8-16-26(22)32-30-31(24-13-4-3-5-14-24)35-37(27-17-9-7-12-23(27)2)33(30)36(29(39)21-41-32)20-28(38)34-19-25-15-10-18-40-25/h3-18,32H,19-21H2,1-2H3,(H,34,38). The van der Waals surface area contributed by atoms with Crippen molar-refractivity contribution in [1.29, 1.82) is 0 Å². The van der Waals surface area contributed by atoms with E-state index in [1.165, 1.54) is 0 Å². The molecule has 1 aliphatic heterocycles. The van der Waals surface area contributed by atoms with Crippen LogP contribution in [-0.4, -0.2) is 33.9 Å². The third-order valence-electron chi connectivity index (χ3n) is 7.29. The van der Waals surface area contributed by atoms with Gasteiger partial charge in [-0.25, -0.2) is 4.68 Å². The molecule has 3 aromatic carbocycles. The first kappa shape index (κ1) is 26.7. The van der Waals surface area contributed by atoms with E-state index in [1.54, 1.807) is 35.1 Å². The number of aryl methyl sites for hydroxylation is 2. The van der Waals surface area contributed by atoms with Crippen molar-refractivity contribution in [2.24, 2.45) is 0 Å². The van der Waals surface area contributed by atoms with Crippen LogP contribution >= 0.6 is 11.8 Å². The number of nitrogens with zero attached hydrogens (tertiary/aromatic N) is 3. The lowest BCUT2D eigenvalue weighted by Crippen LogP contribution is -2.42. The number of hydrogen-bond donors (Lipinski definition) is 1. The molecule has 5 aromatic rings. The number of para-hydroxylation sites is 1. The van der Waals surface area contributed by atoms with E-state index in [1.807, 2.05) is 78.3 Å². The summed E-state index contributed by atoms with van der Waals surface area (Å²) < 4.78 is 7.22. The molecule has 8 heteroatoms. The van der Waals surface area contributed by atoms with Gasteiger partial charge in [-0.15, -0.1) is 11.8 Å². The Morgan fingerprint density at radius 1 is 0.951 bits per heavy atom. The zero-order valence-electron chi connectivity index (χ0n) is 22.9. The van der Waals surface area contributed by atoms with Crippen LogP contribution in [-0.2, 0) is 16.1 Å². The van der Waals surface area contributed by atoms with Gasteiger partial charge in [0.05, 0.1) is 35.2 Å². The third kappa shape index (κ3) is 5.30. The molecule has 1 N–H and O–H groups in total. The highest BCUT2D eigenvalue weighted by Crippen LogP contribution is 2.49. The van der Waals surface area contributed by atoms with Crippen molar-refractivity contribution in [3.8, 4) is 16.9 Å². The molecule has 6 rings (SSSR count). The van der Waals surface area contributed by atoms with Crippen molar-refractivity contribution in [2.75, 3.05) is 17.2 Å². The van der Waals surface area contributed by atoms with Gasteiger partial charge in [-0.3, -0.25) is 14.5 Å². The Balaban J connectivity index is 1.56. The molecule has 2 amide bonds. The number of nitrogens with one attached hydrogen (secondary N) is 1. The van der Waals surface area contributed by atoms with Crippen LogP contribution in [0.2, 0.25) is 0 Å². The van der Waals surface area contributed by atoms with E-state index < -0.39 is 0 Å². The summed E-state index contributed by atoms with van der Waals surface area (Å²) in [5, 5.41) is 7.92. The van der Waals surface area contributed by atoms with Crippen molar-refractivity contribution in [1.82, 2.24) is 15.1 Å². The largest absolute Gasteiger partial charge is 0.467 e. The van der Waals surface area contributed by atoms with Crippen molar-refractivity contribution in [3.05, 3.63) is 125 Å². The minimum atomic E-state index is -0.279. The molecule has 0 radical (unpaired) electrons. The molecule has 0 fully saturated rings. The Kier molecular flexibility index (Phi) is 7.48. The monoisotopic (exact) mass is 562 g/mol. The summed E-state index contributed by atoms with van der Waals surface area (Å²) >= 11 is 1.57. The van der Waals surface area contributed by atoms with E-state index in [4.69, 9.17) is 9.52 Å². The Morgan fingerprint density at radius 2 is 1.68 bits per heavy atom. The lowest BCUT2D eigenvalue weighted by Gasteiger charge is -2.24. The van der Waals surface area contributed by atoms with Crippen LogP contribution in [0.3, 0.4) is 0 Å². The van der Waals surface area contributed by atoms with Crippen LogP contribution in [0.4, 0.5) is 5.82 Å². The number of rotatable bonds is 7. The van der Waals surface area contributed by atoms with Crippen LogP contribution < -0.4 is 10.2 Å². The molecule has 41 heavy (non-hydrogen) atoms. The van der Waals surface area contributed by atoms with E-state index in [0.29, 0.717) is 11.6 Å². The number of hydrogen-bond acceptors (Lipinski definition) is 5. The SMILES string of the molecule is Cc1ccccc1C1SCC(=O)N(CC(=O)NCc2ccco2)c2c1c(-c1ccccc1)nn2-c1ccccc1C. The minimum absolute atomic E-state index is 0.139. The van der Waals surface area contributed by atoms with Crippen molar-refractivity contribution >= 4 is 29.4 Å². The normalized spacial score (nSPS) is 14.9. The number of carbonyl (C=O) groups excluding carboxylic acids is 2. The summed E-state index contributed by atoms with van der Waals surface area (Å²) in [5.74, 6) is 1.07. The molecular weight excluding hydrogens is 532 g/mol. The number of thioether (sulfide) groups is 1. The van der Waals surface area contributed by atoms with E-state index in [9.17, 15) is 9.59 Å². The predicted octanol–water partition coefficient (Wildman–Crippen LogP) is 6.23. The first-order chi connectivity index (χ1) is 20.0. The highest BCUT2D eigenvalue weighted by atomic mass is 32.2. The molecule has 1 unspecified atom stereocenters. The van der Waals surface area contributed by atoms with Crippen LogP contribution in [0.15, 0.2) is 102 Å². The van der Waals surface area contributed by atoms with Gasteiger partial charge in [0.15, 0.2) is 0 Å². The Bertz CT molecular complexity index is 1690. The van der Waals surface area contributed by atoms with Crippen molar-refractivity contribution < 1.29 is 14.0 Å². The smallest absolute Gasteiger partial charge is 0.240 e. The summed E-state index contributed by atoms with van der Waals surface area (Å²) in [7, 11) is 0. The van der Waals surface area contributed by atoms with E-state index in [-0.39, 0.29) is 35.9 Å². The van der Waals surface area contributed by atoms with Gasteiger partial charge < -0.3 is 9.73 Å². The number of benzene rings is 3. The second-order valence-electron chi connectivity index (χ2n) is 10.0. The van der Waals surface area contributed by atoms with Gasteiger partial charge in [0, 0.05) is 11.1 Å². The minimum Gasteiger partial charge on any atom is -0.467 e. The summed E-state index contributed by atoms with van der Waals surface area (Å²) in [6, 6.07) is 29.9. The van der Waals surface area contributed by atoms with Gasteiger partial charge in [0.1, 0.15) is 18.1 Å². The first-order valence-electron chi connectivity index (χ1n) is 13.5. The van der Waals surface area contributed by atoms with Gasteiger partial charge in [0.2, 0.25) is 11.8 Å². The van der Waals surface area contributed by atoms with E-state index in [2.05, 4.69) is 24.4 Å². The van der Waals surface area contributed by atoms with E-state index in [0.717, 1.165) is 39.2 Å². The summed E-state index contributed by atoms with van der Waals surface area (Å²) in [4.78, 5) is 28.8. The number of amides is 2. The van der Waals surface area contributed by atoms with Gasteiger partial charge in [-0.2, -0.15) is 5.10 Å². The number of aromatic nitrogens is 2. The summed E-state index contributed by atoms with van der Waals surface area (Å²) in [5.41, 5.74) is 6.79. The van der Waals surface area contributed by atoms with E-state index >= 15 is 0 Å². The molecule has 0 spiro atoms. The van der Waals surface area contributed by atoms with Crippen LogP contribution in [0.1, 0.15) is 33.3 Å². The fraction of sp³-hybridized carbons (Fsp3) is 0.182. The highest BCUT2D eigenvalue weighted by Gasteiger charge is 2.38. The predicted molar refractivity (Wildman–Crippen MR) is 162 cm³/mol. The second kappa shape index (κ2) is 11.5. The molecule has 0 bridgehead atoms. The maximum Gasteiger partial charge on any atom is 0.240 e. The molecule has 0 aliphatic carbocycles. The quantitative estimate of drug-likeness (QED) is 0.254. The number of furan rings is 1. The third-order valence-corrected chi connectivity index (χ3v) is 8.53. The lowest BCUT2D eigenvalue weighted by molar-refractivity contribution is -0.123. The average Bonchev–Trinajstić information content (AvgIpc) is 3.62. The Labute approximate surface area is 243 Å². The van der Waals surface area contributed by atoms with Gasteiger partial charge >= 0.3 is 0 Å². The molecular formula is C33H30N4O3S. The zero-order valence-corrected chi connectivity index (χ0v) is 23.7. The molecule has 2 aromatic heterocycles. The maximum atomic E-state index is 13.9. The Morgan fingerprint density at radius 3 is 2.41 bits per heavy atom.